The zero-order valence-corrected chi connectivity index (χ0v) is 12.2. The van der Waals surface area contributed by atoms with Crippen LogP contribution < -0.4 is 0 Å². The summed E-state index contributed by atoms with van der Waals surface area (Å²) in [5.41, 5.74) is 0.905. The first-order chi connectivity index (χ1) is 10.0. The summed E-state index contributed by atoms with van der Waals surface area (Å²) < 4.78 is 1.69. The molecule has 1 fully saturated rings. The molecule has 1 aliphatic heterocycles. The van der Waals surface area contributed by atoms with Crippen molar-refractivity contribution in [2.75, 3.05) is 13.1 Å². The fourth-order valence-corrected chi connectivity index (χ4v) is 2.57. The second-order valence-electron chi connectivity index (χ2n) is 5.48. The molecular formula is C15H21N3O3. The largest absolute Gasteiger partial charge is 0.481 e. The number of hydrogen-bond acceptors (Lipinski definition) is 3. The van der Waals surface area contributed by atoms with Gasteiger partial charge in [-0.15, -0.1) is 0 Å². The second kappa shape index (κ2) is 7.06. The number of aryl methyl sites for hydroxylation is 1. The normalized spacial score (nSPS) is 16.5. The molecule has 6 nitrogen and oxygen atoms in total. The molecule has 0 atom stereocenters. The molecule has 0 aliphatic carbocycles. The summed E-state index contributed by atoms with van der Waals surface area (Å²) in [5, 5.41) is 12.7. The summed E-state index contributed by atoms with van der Waals surface area (Å²) >= 11 is 0. The molecule has 0 aromatic carbocycles. The van der Waals surface area contributed by atoms with E-state index in [9.17, 15) is 9.59 Å². The van der Waals surface area contributed by atoms with Gasteiger partial charge in [-0.2, -0.15) is 5.10 Å². The fourth-order valence-electron chi connectivity index (χ4n) is 2.57. The molecule has 1 N–H and O–H groups in total. The lowest BCUT2D eigenvalue weighted by atomic mass is 9.92. The maximum Gasteiger partial charge on any atom is 0.303 e. The van der Waals surface area contributed by atoms with Crippen molar-refractivity contribution in [3.05, 3.63) is 24.0 Å². The van der Waals surface area contributed by atoms with Crippen LogP contribution >= 0.6 is 0 Å². The predicted octanol–water partition coefficient (Wildman–Crippen LogP) is 1.54. The van der Waals surface area contributed by atoms with E-state index in [-0.39, 0.29) is 12.3 Å². The summed E-state index contributed by atoms with van der Waals surface area (Å²) in [5.74, 6) is -0.309. The zero-order chi connectivity index (χ0) is 15.2. The van der Waals surface area contributed by atoms with Gasteiger partial charge in [0.1, 0.15) is 0 Å². The third kappa shape index (κ3) is 4.73. The van der Waals surface area contributed by atoms with Gasteiger partial charge in [-0.3, -0.25) is 14.3 Å². The SMILES string of the molecule is Cn1cc(C=CC(=O)N2CCC(CCC(=O)O)CC2)cn1. The number of piperidine rings is 1. The molecule has 0 radical (unpaired) electrons. The van der Waals surface area contributed by atoms with Crippen molar-refractivity contribution in [3.8, 4) is 0 Å². The summed E-state index contributed by atoms with van der Waals surface area (Å²) in [6.45, 7) is 1.42. The quantitative estimate of drug-likeness (QED) is 0.835. The molecule has 1 aliphatic rings. The average molecular weight is 291 g/mol. The van der Waals surface area contributed by atoms with Gasteiger partial charge in [0, 0.05) is 44.4 Å². The van der Waals surface area contributed by atoms with E-state index in [1.54, 1.807) is 23.0 Å². The van der Waals surface area contributed by atoms with Crippen LogP contribution in [0.1, 0.15) is 31.2 Å². The van der Waals surface area contributed by atoms with Gasteiger partial charge in [0.2, 0.25) is 5.91 Å². The van der Waals surface area contributed by atoms with Crippen LogP contribution in [0, 0.1) is 5.92 Å². The van der Waals surface area contributed by atoms with Crippen molar-refractivity contribution in [1.29, 1.82) is 0 Å². The Morgan fingerprint density at radius 3 is 2.71 bits per heavy atom. The van der Waals surface area contributed by atoms with Gasteiger partial charge in [-0.25, -0.2) is 0 Å². The number of likely N-dealkylation sites (tertiary alicyclic amines) is 1. The van der Waals surface area contributed by atoms with E-state index in [4.69, 9.17) is 5.11 Å². The highest BCUT2D eigenvalue weighted by Crippen LogP contribution is 2.22. The number of nitrogens with zero attached hydrogens (tertiary/aromatic N) is 3. The second-order valence-corrected chi connectivity index (χ2v) is 5.48. The molecule has 1 amide bonds. The van der Waals surface area contributed by atoms with Gasteiger partial charge in [0.15, 0.2) is 0 Å². The Morgan fingerprint density at radius 2 is 2.14 bits per heavy atom. The first kappa shape index (κ1) is 15.3. The monoisotopic (exact) mass is 291 g/mol. The molecule has 1 saturated heterocycles. The Labute approximate surface area is 124 Å². The summed E-state index contributed by atoms with van der Waals surface area (Å²) in [4.78, 5) is 24.4. The first-order valence-corrected chi connectivity index (χ1v) is 7.22. The lowest BCUT2D eigenvalue weighted by molar-refractivity contribution is -0.137. The van der Waals surface area contributed by atoms with Crippen molar-refractivity contribution in [1.82, 2.24) is 14.7 Å². The van der Waals surface area contributed by atoms with Crippen LogP contribution in [0.5, 0.6) is 0 Å². The maximum absolute atomic E-state index is 12.1. The van der Waals surface area contributed by atoms with Gasteiger partial charge in [-0.1, -0.05) is 0 Å². The van der Waals surface area contributed by atoms with E-state index in [0.717, 1.165) is 18.4 Å². The van der Waals surface area contributed by atoms with Crippen molar-refractivity contribution in [2.45, 2.75) is 25.7 Å². The molecule has 114 valence electrons. The maximum atomic E-state index is 12.1. The molecule has 21 heavy (non-hydrogen) atoms. The van der Waals surface area contributed by atoms with Gasteiger partial charge >= 0.3 is 5.97 Å². The predicted molar refractivity (Wildman–Crippen MR) is 78.4 cm³/mol. The van der Waals surface area contributed by atoms with Gasteiger partial charge < -0.3 is 10.0 Å². The third-order valence-electron chi connectivity index (χ3n) is 3.84. The minimum Gasteiger partial charge on any atom is -0.481 e. The molecule has 6 heteroatoms. The minimum absolute atomic E-state index is 0.00976. The van der Waals surface area contributed by atoms with Crippen LogP contribution in [0.3, 0.4) is 0 Å². The Balaban J connectivity index is 1.77. The molecular weight excluding hydrogens is 270 g/mol. The summed E-state index contributed by atoms with van der Waals surface area (Å²) in [7, 11) is 1.83. The molecule has 0 bridgehead atoms. The smallest absolute Gasteiger partial charge is 0.303 e. The van der Waals surface area contributed by atoms with E-state index < -0.39 is 5.97 Å². The fraction of sp³-hybridized carbons (Fsp3) is 0.533. The van der Waals surface area contributed by atoms with E-state index in [2.05, 4.69) is 5.10 Å². The van der Waals surface area contributed by atoms with Crippen LogP contribution in [0.25, 0.3) is 6.08 Å². The summed E-state index contributed by atoms with van der Waals surface area (Å²) in [6, 6.07) is 0. The lowest BCUT2D eigenvalue weighted by Crippen LogP contribution is -2.37. The number of amides is 1. The zero-order valence-electron chi connectivity index (χ0n) is 12.2. The average Bonchev–Trinajstić information content (AvgIpc) is 2.89. The number of carboxylic acids is 1. The van der Waals surface area contributed by atoms with Crippen molar-refractivity contribution in [3.63, 3.8) is 0 Å². The first-order valence-electron chi connectivity index (χ1n) is 7.22. The molecule has 0 saturated carbocycles. The van der Waals surface area contributed by atoms with Crippen LogP contribution in [0.2, 0.25) is 0 Å². The number of hydrogen-bond donors (Lipinski definition) is 1. The molecule has 0 spiro atoms. The Kier molecular flexibility index (Phi) is 5.14. The Morgan fingerprint density at radius 1 is 1.43 bits per heavy atom. The van der Waals surface area contributed by atoms with Crippen molar-refractivity contribution < 1.29 is 14.7 Å². The van der Waals surface area contributed by atoms with E-state index in [0.29, 0.717) is 25.4 Å². The number of aromatic nitrogens is 2. The highest BCUT2D eigenvalue weighted by atomic mass is 16.4. The van der Waals surface area contributed by atoms with E-state index >= 15 is 0 Å². The van der Waals surface area contributed by atoms with Crippen LogP contribution in [0.15, 0.2) is 18.5 Å². The number of carbonyl (C=O) groups excluding carboxylic acids is 1. The highest BCUT2D eigenvalue weighted by molar-refractivity contribution is 5.91. The van der Waals surface area contributed by atoms with Gasteiger partial charge in [0.05, 0.1) is 6.20 Å². The van der Waals surface area contributed by atoms with Gasteiger partial charge in [0.25, 0.3) is 0 Å². The number of carboxylic acid groups (broad SMARTS) is 1. The van der Waals surface area contributed by atoms with Crippen LogP contribution in [-0.4, -0.2) is 44.8 Å². The van der Waals surface area contributed by atoms with Crippen LogP contribution in [0.4, 0.5) is 0 Å². The van der Waals surface area contributed by atoms with Crippen molar-refractivity contribution in [2.24, 2.45) is 13.0 Å². The van der Waals surface area contributed by atoms with Crippen LogP contribution in [-0.2, 0) is 16.6 Å². The number of aliphatic carboxylic acids is 1. The third-order valence-corrected chi connectivity index (χ3v) is 3.84. The summed E-state index contributed by atoms with van der Waals surface area (Å²) in [6.07, 6.45) is 9.62. The molecule has 2 rings (SSSR count). The lowest BCUT2D eigenvalue weighted by Gasteiger charge is -2.31. The highest BCUT2D eigenvalue weighted by Gasteiger charge is 2.21. The molecule has 2 heterocycles. The van der Waals surface area contributed by atoms with E-state index in [1.807, 2.05) is 18.1 Å². The van der Waals surface area contributed by atoms with Crippen molar-refractivity contribution >= 4 is 18.0 Å². The topological polar surface area (TPSA) is 75.4 Å². The molecule has 0 unspecified atom stereocenters. The van der Waals surface area contributed by atoms with Gasteiger partial charge in [-0.05, 0) is 31.3 Å². The number of carbonyl (C=O) groups is 2. The standard InChI is InChI=1S/C15H21N3O3/c1-17-11-13(10-16-17)2-4-14(19)18-8-6-12(7-9-18)3-5-15(20)21/h2,4,10-12H,3,5-9H2,1H3,(H,20,21). The molecule has 1 aromatic rings. The molecule has 1 aromatic heterocycles. The number of rotatable bonds is 5. The minimum atomic E-state index is -0.743. The Hall–Kier alpha value is -2.11. The Bertz CT molecular complexity index is 528. The van der Waals surface area contributed by atoms with E-state index in [1.165, 1.54) is 0 Å².